The van der Waals surface area contributed by atoms with Gasteiger partial charge in [0.25, 0.3) is 0 Å². The van der Waals surface area contributed by atoms with Crippen molar-refractivity contribution in [3.05, 3.63) is 12.2 Å². The molecule has 1 aliphatic rings. The van der Waals surface area contributed by atoms with Gasteiger partial charge in [-0.05, 0) is 33.2 Å². The second kappa shape index (κ2) is 4.63. The quantitative estimate of drug-likeness (QED) is 0.621. The summed E-state index contributed by atoms with van der Waals surface area (Å²) in [4.78, 5) is 0. The van der Waals surface area contributed by atoms with Crippen LogP contribution in [0.2, 0.25) is 0 Å². The van der Waals surface area contributed by atoms with E-state index in [1.807, 2.05) is 0 Å². The molecule has 0 bridgehead atoms. The summed E-state index contributed by atoms with van der Waals surface area (Å²) < 4.78 is 0. The third kappa shape index (κ3) is 2.95. The Labute approximate surface area is 75.4 Å². The lowest BCUT2D eigenvalue weighted by Crippen LogP contribution is -2.46. The summed E-state index contributed by atoms with van der Waals surface area (Å²) in [5, 5.41) is 6.94. The summed E-state index contributed by atoms with van der Waals surface area (Å²) in [5.41, 5.74) is 1.22. The van der Waals surface area contributed by atoms with Crippen molar-refractivity contribution >= 4 is 0 Å². The summed E-state index contributed by atoms with van der Waals surface area (Å²) in [7, 11) is 0. The summed E-state index contributed by atoms with van der Waals surface area (Å²) in [6.45, 7) is 10.5. The van der Waals surface area contributed by atoms with E-state index in [0.29, 0.717) is 12.1 Å². The van der Waals surface area contributed by atoms with Crippen molar-refractivity contribution in [2.24, 2.45) is 0 Å². The van der Waals surface area contributed by atoms with Crippen molar-refractivity contribution in [3.8, 4) is 0 Å². The SMILES string of the molecule is C=C(C)C(C)NC1CCCNC1. The van der Waals surface area contributed by atoms with Gasteiger partial charge in [0.2, 0.25) is 0 Å². The first-order valence-corrected chi connectivity index (χ1v) is 4.82. The topological polar surface area (TPSA) is 24.1 Å². The van der Waals surface area contributed by atoms with Crippen LogP contribution in [-0.4, -0.2) is 25.2 Å². The van der Waals surface area contributed by atoms with E-state index in [4.69, 9.17) is 0 Å². The van der Waals surface area contributed by atoms with Gasteiger partial charge < -0.3 is 10.6 Å². The molecule has 0 aromatic heterocycles. The van der Waals surface area contributed by atoms with Gasteiger partial charge in [-0.25, -0.2) is 0 Å². The third-order valence-corrected chi connectivity index (χ3v) is 2.52. The average molecular weight is 168 g/mol. The fraction of sp³-hybridized carbons (Fsp3) is 0.800. The molecule has 70 valence electrons. The fourth-order valence-electron chi connectivity index (χ4n) is 1.49. The number of hydrogen-bond donors (Lipinski definition) is 2. The normalized spacial score (nSPS) is 26.7. The molecule has 1 heterocycles. The minimum atomic E-state index is 0.454. The molecule has 0 aromatic carbocycles. The van der Waals surface area contributed by atoms with Crippen molar-refractivity contribution in [1.82, 2.24) is 10.6 Å². The highest BCUT2D eigenvalue weighted by Gasteiger charge is 2.14. The molecule has 12 heavy (non-hydrogen) atoms. The van der Waals surface area contributed by atoms with Gasteiger partial charge in [0, 0.05) is 18.6 Å². The van der Waals surface area contributed by atoms with E-state index in [0.717, 1.165) is 6.54 Å². The minimum absolute atomic E-state index is 0.454. The van der Waals surface area contributed by atoms with Crippen molar-refractivity contribution in [2.45, 2.75) is 38.8 Å². The molecule has 0 radical (unpaired) electrons. The molecule has 2 unspecified atom stereocenters. The average Bonchev–Trinajstić information content (AvgIpc) is 2.06. The highest BCUT2D eigenvalue weighted by Crippen LogP contribution is 2.05. The smallest absolute Gasteiger partial charge is 0.0248 e. The lowest BCUT2D eigenvalue weighted by molar-refractivity contribution is 0.373. The molecule has 0 saturated carbocycles. The van der Waals surface area contributed by atoms with Gasteiger partial charge in [-0.1, -0.05) is 12.2 Å². The van der Waals surface area contributed by atoms with Crippen LogP contribution in [-0.2, 0) is 0 Å². The second-order valence-corrected chi connectivity index (χ2v) is 3.78. The van der Waals surface area contributed by atoms with Gasteiger partial charge in [-0.2, -0.15) is 0 Å². The Morgan fingerprint density at radius 2 is 2.42 bits per heavy atom. The summed E-state index contributed by atoms with van der Waals surface area (Å²) >= 11 is 0. The van der Waals surface area contributed by atoms with Crippen molar-refractivity contribution in [3.63, 3.8) is 0 Å². The third-order valence-electron chi connectivity index (χ3n) is 2.52. The van der Waals surface area contributed by atoms with Crippen LogP contribution in [0.3, 0.4) is 0 Å². The number of piperidine rings is 1. The summed E-state index contributed by atoms with van der Waals surface area (Å²) in [6.07, 6.45) is 2.59. The lowest BCUT2D eigenvalue weighted by Gasteiger charge is -2.27. The highest BCUT2D eigenvalue weighted by molar-refractivity contribution is 5.00. The predicted molar refractivity (Wildman–Crippen MR) is 53.3 cm³/mol. The molecular formula is C10H20N2. The standard InChI is InChI=1S/C10H20N2/c1-8(2)9(3)12-10-5-4-6-11-7-10/h9-12H,1,4-7H2,2-3H3. The van der Waals surface area contributed by atoms with Gasteiger partial charge in [-0.15, -0.1) is 0 Å². The number of hydrogen-bond acceptors (Lipinski definition) is 2. The Hall–Kier alpha value is -0.340. The molecular weight excluding hydrogens is 148 g/mol. The van der Waals surface area contributed by atoms with Crippen molar-refractivity contribution < 1.29 is 0 Å². The van der Waals surface area contributed by atoms with E-state index in [1.54, 1.807) is 0 Å². The first kappa shape index (κ1) is 9.75. The Morgan fingerprint density at radius 3 is 2.92 bits per heavy atom. The zero-order valence-electron chi connectivity index (χ0n) is 8.19. The van der Waals surface area contributed by atoms with Crippen LogP contribution in [0.4, 0.5) is 0 Å². The minimum Gasteiger partial charge on any atom is -0.315 e. The Balaban J connectivity index is 2.24. The van der Waals surface area contributed by atoms with Gasteiger partial charge in [-0.3, -0.25) is 0 Å². The first-order valence-electron chi connectivity index (χ1n) is 4.82. The van der Waals surface area contributed by atoms with Crippen LogP contribution < -0.4 is 10.6 Å². The number of nitrogens with one attached hydrogen (secondary N) is 2. The maximum atomic E-state index is 3.94. The molecule has 2 atom stereocenters. The van der Waals surface area contributed by atoms with E-state index >= 15 is 0 Å². The first-order chi connectivity index (χ1) is 5.70. The van der Waals surface area contributed by atoms with Crippen LogP contribution in [0.1, 0.15) is 26.7 Å². The maximum absolute atomic E-state index is 3.94. The molecule has 1 aliphatic heterocycles. The molecule has 1 saturated heterocycles. The summed E-state index contributed by atoms with van der Waals surface area (Å²) in [5.74, 6) is 0. The second-order valence-electron chi connectivity index (χ2n) is 3.78. The van der Waals surface area contributed by atoms with Gasteiger partial charge in [0.05, 0.1) is 0 Å². The van der Waals surface area contributed by atoms with Crippen molar-refractivity contribution in [2.75, 3.05) is 13.1 Å². The Bertz CT molecular complexity index is 148. The van der Waals surface area contributed by atoms with E-state index in [1.165, 1.54) is 25.0 Å². The van der Waals surface area contributed by atoms with E-state index in [-0.39, 0.29) is 0 Å². The molecule has 2 N–H and O–H groups in total. The van der Waals surface area contributed by atoms with E-state index in [2.05, 4.69) is 31.1 Å². The molecule has 2 heteroatoms. The van der Waals surface area contributed by atoms with Crippen LogP contribution in [0.15, 0.2) is 12.2 Å². The molecule has 0 aromatic rings. The van der Waals surface area contributed by atoms with Crippen LogP contribution in [0.5, 0.6) is 0 Å². The summed E-state index contributed by atoms with van der Waals surface area (Å²) in [6, 6.07) is 1.10. The van der Waals surface area contributed by atoms with Crippen LogP contribution >= 0.6 is 0 Å². The molecule has 1 rings (SSSR count). The predicted octanol–water partition coefficient (Wildman–Crippen LogP) is 1.29. The highest BCUT2D eigenvalue weighted by atomic mass is 15.0. The lowest BCUT2D eigenvalue weighted by atomic mass is 10.1. The van der Waals surface area contributed by atoms with Gasteiger partial charge >= 0.3 is 0 Å². The Kier molecular flexibility index (Phi) is 3.76. The number of rotatable bonds is 3. The largest absolute Gasteiger partial charge is 0.315 e. The maximum Gasteiger partial charge on any atom is 0.0248 e. The zero-order valence-corrected chi connectivity index (χ0v) is 8.19. The zero-order chi connectivity index (χ0) is 8.97. The molecule has 0 aliphatic carbocycles. The van der Waals surface area contributed by atoms with E-state index in [9.17, 15) is 0 Å². The molecule has 1 fully saturated rings. The molecule has 2 nitrogen and oxygen atoms in total. The fourth-order valence-corrected chi connectivity index (χ4v) is 1.49. The monoisotopic (exact) mass is 168 g/mol. The van der Waals surface area contributed by atoms with Gasteiger partial charge in [0.1, 0.15) is 0 Å². The van der Waals surface area contributed by atoms with Gasteiger partial charge in [0.15, 0.2) is 0 Å². The van der Waals surface area contributed by atoms with Crippen molar-refractivity contribution in [1.29, 1.82) is 0 Å². The van der Waals surface area contributed by atoms with E-state index < -0.39 is 0 Å². The molecule has 0 amide bonds. The Morgan fingerprint density at radius 1 is 1.67 bits per heavy atom. The van der Waals surface area contributed by atoms with Crippen LogP contribution in [0, 0.1) is 0 Å². The molecule has 0 spiro atoms. The van der Waals surface area contributed by atoms with Crippen LogP contribution in [0.25, 0.3) is 0 Å².